The number of hydrogen-bond donors (Lipinski definition) is 1. The van der Waals surface area contributed by atoms with Gasteiger partial charge in [-0.2, -0.15) is 0 Å². The first-order valence-electron chi connectivity index (χ1n) is 6.53. The molecule has 1 unspecified atom stereocenters. The maximum Gasteiger partial charge on any atom is 0.0994 e. The van der Waals surface area contributed by atoms with Gasteiger partial charge in [0.25, 0.3) is 0 Å². The van der Waals surface area contributed by atoms with E-state index in [0.29, 0.717) is 18.4 Å². The average molecular weight is 322 g/mol. The first kappa shape index (κ1) is 14.3. The molecule has 1 aromatic carbocycles. The van der Waals surface area contributed by atoms with E-state index in [0.717, 1.165) is 10.2 Å². The fourth-order valence-electron chi connectivity index (χ4n) is 2.26. The maximum atomic E-state index is 5.92. The van der Waals surface area contributed by atoms with E-state index in [1.165, 1.54) is 11.3 Å². The monoisotopic (exact) mass is 321 g/mol. The van der Waals surface area contributed by atoms with Gasteiger partial charge in [-0.25, -0.2) is 4.98 Å². The summed E-state index contributed by atoms with van der Waals surface area (Å²) < 4.78 is 3.24. The van der Waals surface area contributed by atoms with E-state index >= 15 is 0 Å². The zero-order valence-corrected chi connectivity index (χ0v) is 13.2. The van der Waals surface area contributed by atoms with Crippen LogP contribution in [0.5, 0.6) is 0 Å². The molecule has 0 aliphatic carbocycles. The van der Waals surface area contributed by atoms with Gasteiger partial charge >= 0.3 is 0 Å². The number of rotatable bonds is 4. The molecule has 2 N–H and O–H groups in total. The van der Waals surface area contributed by atoms with Crippen LogP contribution in [0.3, 0.4) is 0 Å². The molecule has 1 aromatic heterocycles. The largest absolute Gasteiger partial charge is 0.330 e. The second-order valence-electron chi connectivity index (χ2n) is 5.21. The third-order valence-electron chi connectivity index (χ3n) is 3.54. The molecular formula is C15H20BrN3. The lowest BCUT2D eigenvalue weighted by Crippen LogP contribution is -2.20. The Morgan fingerprint density at radius 3 is 2.68 bits per heavy atom. The number of nitrogens with two attached hydrogens (primary N) is 1. The van der Waals surface area contributed by atoms with Crippen molar-refractivity contribution in [3.8, 4) is 5.69 Å². The Morgan fingerprint density at radius 2 is 2.11 bits per heavy atom. The molecule has 1 atom stereocenters. The molecule has 0 aliphatic rings. The second kappa shape index (κ2) is 5.88. The van der Waals surface area contributed by atoms with Gasteiger partial charge in [-0.15, -0.1) is 0 Å². The molecular weight excluding hydrogens is 302 g/mol. The van der Waals surface area contributed by atoms with Crippen LogP contribution in [0.15, 0.2) is 35.2 Å². The molecule has 1 heterocycles. The van der Waals surface area contributed by atoms with Gasteiger partial charge in [-0.1, -0.05) is 35.8 Å². The fourth-order valence-corrected chi connectivity index (χ4v) is 2.63. The first-order chi connectivity index (χ1) is 9.04. The zero-order valence-electron chi connectivity index (χ0n) is 11.6. The van der Waals surface area contributed by atoms with Gasteiger partial charge in [0.15, 0.2) is 0 Å². The fraction of sp³-hybridized carbons (Fsp3) is 0.400. The number of nitrogens with zero attached hydrogens (tertiary/aromatic N) is 2. The lowest BCUT2D eigenvalue weighted by atomic mass is 9.93. The van der Waals surface area contributed by atoms with Crippen molar-refractivity contribution in [1.29, 1.82) is 0 Å². The molecule has 0 amide bonds. The van der Waals surface area contributed by atoms with Crippen LogP contribution in [-0.4, -0.2) is 16.1 Å². The van der Waals surface area contributed by atoms with Gasteiger partial charge in [0.1, 0.15) is 0 Å². The Morgan fingerprint density at radius 1 is 1.37 bits per heavy atom. The van der Waals surface area contributed by atoms with Crippen LogP contribution in [0.4, 0.5) is 0 Å². The highest BCUT2D eigenvalue weighted by Crippen LogP contribution is 2.27. The van der Waals surface area contributed by atoms with E-state index in [9.17, 15) is 0 Å². The molecule has 4 heteroatoms. The average Bonchev–Trinajstić information content (AvgIpc) is 2.82. The lowest BCUT2D eigenvalue weighted by molar-refractivity contribution is 0.490. The Bertz CT molecular complexity index is 560. The summed E-state index contributed by atoms with van der Waals surface area (Å²) in [4.78, 5) is 4.29. The van der Waals surface area contributed by atoms with Crippen LogP contribution in [0, 0.1) is 12.8 Å². The summed E-state index contributed by atoms with van der Waals surface area (Å²) in [6.07, 6.45) is 3.78. The Balaban J connectivity index is 2.46. The summed E-state index contributed by atoms with van der Waals surface area (Å²) in [5.41, 5.74) is 9.43. The van der Waals surface area contributed by atoms with Crippen LogP contribution in [0.1, 0.15) is 31.0 Å². The molecule has 0 saturated carbocycles. The van der Waals surface area contributed by atoms with Crippen LogP contribution in [0.25, 0.3) is 5.69 Å². The minimum atomic E-state index is 0.322. The van der Waals surface area contributed by atoms with E-state index < -0.39 is 0 Å². The van der Waals surface area contributed by atoms with Crippen molar-refractivity contribution in [2.45, 2.75) is 26.7 Å². The second-order valence-corrected chi connectivity index (χ2v) is 6.06. The molecule has 0 bridgehead atoms. The summed E-state index contributed by atoms with van der Waals surface area (Å²) in [5.74, 6) is 0.817. The summed E-state index contributed by atoms with van der Waals surface area (Å²) in [7, 11) is 0. The van der Waals surface area contributed by atoms with Crippen molar-refractivity contribution in [2.24, 2.45) is 11.7 Å². The molecule has 0 fully saturated rings. The van der Waals surface area contributed by atoms with Crippen LogP contribution in [0.2, 0.25) is 0 Å². The van der Waals surface area contributed by atoms with Crippen LogP contribution < -0.4 is 5.73 Å². The quantitative estimate of drug-likeness (QED) is 0.934. The number of halogens is 1. The minimum Gasteiger partial charge on any atom is -0.330 e. The Kier molecular flexibility index (Phi) is 4.42. The third-order valence-corrected chi connectivity index (χ3v) is 4.39. The predicted molar refractivity (Wildman–Crippen MR) is 82.6 cm³/mol. The third kappa shape index (κ3) is 2.90. The molecule has 2 aromatic rings. The van der Waals surface area contributed by atoms with E-state index in [2.05, 4.69) is 64.5 Å². The highest BCUT2D eigenvalue weighted by atomic mass is 79.9. The van der Waals surface area contributed by atoms with Crippen LogP contribution in [-0.2, 0) is 0 Å². The van der Waals surface area contributed by atoms with Gasteiger partial charge in [-0.3, -0.25) is 0 Å². The van der Waals surface area contributed by atoms with Crippen molar-refractivity contribution in [3.05, 3.63) is 46.5 Å². The smallest absolute Gasteiger partial charge is 0.0994 e. The van der Waals surface area contributed by atoms with Crippen molar-refractivity contribution < 1.29 is 0 Å². The van der Waals surface area contributed by atoms with E-state index in [1.54, 1.807) is 0 Å². The molecule has 19 heavy (non-hydrogen) atoms. The summed E-state index contributed by atoms with van der Waals surface area (Å²) in [5, 5.41) is 0. The molecule has 0 spiro atoms. The highest BCUT2D eigenvalue weighted by Gasteiger charge is 2.19. The SMILES string of the molecule is Cc1ccc(-n2cncc2C(CN)C(C)C)cc1Br. The van der Waals surface area contributed by atoms with Crippen molar-refractivity contribution >= 4 is 15.9 Å². The lowest BCUT2D eigenvalue weighted by Gasteiger charge is -2.21. The number of imidazole rings is 1. The minimum absolute atomic E-state index is 0.322. The number of aromatic nitrogens is 2. The van der Waals surface area contributed by atoms with Gasteiger partial charge in [0, 0.05) is 34.5 Å². The van der Waals surface area contributed by atoms with Gasteiger partial charge in [-0.05, 0) is 30.5 Å². The van der Waals surface area contributed by atoms with Crippen molar-refractivity contribution in [1.82, 2.24) is 9.55 Å². The first-order valence-corrected chi connectivity index (χ1v) is 7.32. The molecule has 0 aliphatic heterocycles. The van der Waals surface area contributed by atoms with Crippen molar-refractivity contribution in [2.75, 3.05) is 6.54 Å². The van der Waals surface area contributed by atoms with Gasteiger partial charge in [0.05, 0.1) is 6.33 Å². The number of benzene rings is 1. The predicted octanol–water partition coefficient (Wildman–Crippen LogP) is 3.64. The van der Waals surface area contributed by atoms with Gasteiger partial charge < -0.3 is 10.3 Å². The summed E-state index contributed by atoms with van der Waals surface area (Å²) >= 11 is 3.58. The molecule has 0 saturated heterocycles. The van der Waals surface area contributed by atoms with E-state index in [4.69, 9.17) is 5.73 Å². The maximum absolute atomic E-state index is 5.92. The number of hydrogen-bond acceptors (Lipinski definition) is 2. The molecule has 0 radical (unpaired) electrons. The van der Waals surface area contributed by atoms with E-state index in [-0.39, 0.29) is 0 Å². The number of aryl methyl sites for hydroxylation is 1. The standard InChI is InChI=1S/C15H20BrN3/c1-10(2)13(7-17)15-8-18-9-19(15)12-5-4-11(3)14(16)6-12/h4-6,8-10,13H,7,17H2,1-3H3. The molecule has 3 nitrogen and oxygen atoms in total. The van der Waals surface area contributed by atoms with Crippen molar-refractivity contribution in [3.63, 3.8) is 0 Å². The Labute approximate surface area is 123 Å². The molecule has 102 valence electrons. The summed E-state index contributed by atoms with van der Waals surface area (Å²) in [6, 6.07) is 6.34. The van der Waals surface area contributed by atoms with Gasteiger partial charge in [0.2, 0.25) is 0 Å². The Hall–Kier alpha value is -1.13. The topological polar surface area (TPSA) is 43.8 Å². The molecule has 2 rings (SSSR count). The normalized spacial score (nSPS) is 12.9. The zero-order chi connectivity index (χ0) is 14.0. The van der Waals surface area contributed by atoms with Crippen LogP contribution >= 0.6 is 15.9 Å². The highest BCUT2D eigenvalue weighted by molar-refractivity contribution is 9.10. The van der Waals surface area contributed by atoms with E-state index in [1.807, 2.05) is 12.5 Å². The summed E-state index contributed by atoms with van der Waals surface area (Å²) in [6.45, 7) is 7.11.